The number of rotatable bonds is 13. The zero-order valence-corrected chi connectivity index (χ0v) is 29.2. The first-order valence-electron chi connectivity index (χ1n) is 16.5. The molecule has 10 nitrogen and oxygen atoms in total. The third-order valence-electron chi connectivity index (χ3n) is 8.89. The van der Waals surface area contributed by atoms with Gasteiger partial charge in [-0.1, -0.05) is 40.3 Å². The Balaban J connectivity index is 1.59. The number of ether oxygens (including phenoxy) is 4. The summed E-state index contributed by atoms with van der Waals surface area (Å²) in [5, 5.41) is 0. The molecule has 0 radical (unpaired) electrons. The zero-order valence-electron chi connectivity index (χ0n) is 29.2. The maximum atomic E-state index is 14.4. The van der Waals surface area contributed by atoms with Gasteiger partial charge in [0.25, 0.3) is 0 Å². The van der Waals surface area contributed by atoms with E-state index in [4.69, 9.17) is 23.9 Å². The number of hydrogen-bond acceptors (Lipinski definition) is 9. The highest BCUT2D eigenvalue weighted by Crippen LogP contribution is 2.40. The van der Waals surface area contributed by atoms with Gasteiger partial charge in [0.15, 0.2) is 0 Å². The van der Waals surface area contributed by atoms with E-state index < -0.39 is 46.9 Å². The molecule has 1 saturated heterocycles. The number of nitrogens with zero attached hydrogens (tertiary/aromatic N) is 3. The van der Waals surface area contributed by atoms with E-state index in [1.807, 2.05) is 33.8 Å². The molecule has 0 N–H and O–H groups in total. The van der Waals surface area contributed by atoms with E-state index in [2.05, 4.69) is 18.1 Å². The first-order valence-corrected chi connectivity index (χ1v) is 16.5. The van der Waals surface area contributed by atoms with Crippen molar-refractivity contribution in [3.05, 3.63) is 43.1 Å². The van der Waals surface area contributed by atoms with E-state index in [0.29, 0.717) is 28.4 Å². The third kappa shape index (κ3) is 8.90. The number of allylic oxidation sites excluding steroid dienone is 1. The number of aromatic nitrogens is 2. The van der Waals surface area contributed by atoms with Gasteiger partial charge in [0.05, 0.1) is 37.0 Å². The Labute approximate surface area is 278 Å². The molecule has 1 aromatic heterocycles. The van der Waals surface area contributed by atoms with Gasteiger partial charge in [-0.15, -0.1) is 6.58 Å². The summed E-state index contributed by atoms with van der Waals surface area (Å²) in [5.41, 5.74) is 0.278. The SMILES string of the molecule is C=CCCC[C@@H]1C[C@H]1OC(=O)C[C@H](C(=O)N1C[C@H](Oc2nc3cc(OC)ccc3nc2C=C)[C@@H](C)[C@H]1C(=O)OC(C)(C)C)C(C)(C)C. The van der Waals surface area contributed by atoms with E-state index >= 15 is 0 Å². The summed E-state index contributed by atoms with van der Waals surface area (Å²) < 4.78 is 23.4. The average Bonchev–Trinajstić information content (AvgIpc) is 3.64. The molecule has 47 heavy (non-hydrogen) atoms. The van der Waals surface area contributed by atoms with Gasteiger partial charge in [0.2, 0.25) is 11.8 Å². The van der Waals surface area contributed by atoms with Crippen LogP contribution < -0.4 is 9.47 Å². The molecule has 2 aliphatic rings. The van der Waals surface area contributed by atoms with Crippen molar-refractivity contribution in [1.29, 1.82) is 0 Å². The highest BCUT2D eigenvalue weighted by Gasteiger charge is 2.51. The van der Waals surface area contributed by atoms with Crippen LogP contribution in [0.2, 0.25) is 0 Å². The normalized spacial score (nSPS) is 23.1. The van der Waals surface area contributed by atoms with Crippen LogP contribution in [-0.2, 0) is 23.9 Å². The van der Waals surface area contributed by atoms with Crippen LogP contribution in [0, 0.1) is 23.2 Å². The highest BCUT2D eigenvalue weighted by atomic mass is 16.6. The lowest BCUT2D eigenvalue weighted by molar-refractivity contribution is -0.166. The summed E-state index contributed by atoms with van der Waals surface area (Å²) in [6.45, 7) is 20.7. The summed E-state index contributed by atoms with van der Waals surface area (Å²) in [5.74, 6) is -1.24. The predicted molar refractivity (Wildman–Crippen MR) is 181 cm³/mol. The molecule has 1 aliphatic heterocycles. The predicted octanol–water partition coefficient (Wildman–Crippen LogP) is 6.56. The lowest BCUT2D eigenvalue weighted by Gasteiger charge is -2.35. The molecule has 1 amide bonds. The van der Waals surface area contributed by atoms with Crippen molar-refractivity contribution in [3.8, 4) is 11.6 Å². The van der Waals surface area contributed by atoms with E-state index in [1.54, 1.807) is 52.2 Å². The zero-order chi connectivity index (χ0) is 34.7. The Kier molecular flexibility index (Phi) is 11.0. The molecule has 0 unspecified atom stereocenters. The minimum absolute atomic E-state index is 0.0890. The van der Waals surface area contributed by atoms with Gasteiger partial charge in [0.1, 0.15) is 35.3 Å². The lowest BCUT2D eigenvalue weighted by atomic mass is 9.77. The van der Waals surface area contributed by atoms with Crippen molar-refractivity contribution in [2.75, 3.05) is 13.7 Å². The second kappa shape index (κ2) is 14.4. The molecule has 1 aromatic carbocycles. The quantitative estimate of drug-likeness (QED) is 0.135. The fourth-order valence-electron chi connectivity index (χ4n) is 6.10. The topological polar surface area (TPSA) is 117 Å². The van der Waals surface area contributed by atoms with Crippen LogP contribution in [0.5, 0.6) is 11.6 Å². The number of carbonyl (C=O) groups is 3. The molecule has 6 atom stereocenters. The van der Waals surface area contributed by atoms with Crippen molar-refractivity contribution in [2.24, 2.45) is 23.2 Å². The molecule has 256 valence electrons. The van der Waals surface area contributed by atoms with Crippen LogP contribution in [0.1, 0.15) is 86.3 Å². The van der Waals surface area contributed by atoms with E-state index in [1.165, 1.54) is 4.90 Å². The van der Waals surface area contributed by atoms with Crippen LogP contribution in [0.3, 0.4) is 0 Å². The minimum atomic E-state index is -0.939. The van der Waals surface area contributed by atoms with Crippen molar-refractivity contribution < 1.29 is 33.3 Å². The summed E-state index contributed by atoms with van der Waals surface area (Å²) in [6, 6.07) is 4.43. The first kappa shape index (κ1) is 35.9. The Bertz CT molecular complexity index is 1490. The molecule has 0 bridgehead atoms. The van der Waals surface area contributed by atoms with E-state index in [9.17, 15) is 14.4 Å². The third-order valence-corrected chi connectivity index (χ3v) is 8.89. The molecule has 10 heteroatoms. The Hall–Kier alpha value is -3.95. The second-order valence-corrected chi connectivity index (χ2v) is 14.8. The monoisotopic (exact) mass is 649 g/mol. The van der Waals surface area contributed by atoms with Gasteiger partial charge in [-0.05, 0) is 76.0 Å². The van der Waals surface area contributed by atoms with Crippen LogP contribution in [0.15, 0.2) is 37.4 Å². The first-order chi connectivity index (χ1) is 22.1. The van der Waals surface area contributed by atoms with Crippen molar-refractivity contribution in [2.45, 2.75) is 104 Å². The maximum absolute atomic E-state index is 14.4. The van der Waals surface area contributed by atoms with Gasteiger partial charge >= 0.3 is 11.9 Å². The fourth-order valence-corrected chi connectivity index (χ4v) is 6.10. The summed E-state index contributed by atoms with van der Waals surface area (Å²) >= 11 is 0. The number of unbranched alkanes of at least 4 members (excludes halogenated alkanes) is 1. The van der Waals surface area contributed by atoms with Crippen molar-refractivity contribution in [1.82, 2.24) is 14.9 Å². The largest absolute Gasteiger partial charge is 0.497 e. The minimum Gasteiger partial charge on any atom is -0.497 e. The number of benzene rings is 1. The van der Waals surface area contributed by atoms with Gasteiger partial charge in [-0.3, -0.25) is 9.59 Å². The summed E-state index contributed by atoms with van der Waals surface area (Å²) in [7, 11) is 1.58. The number of carbonyl (C=O) groups excluding carboxylic acids is 3. The fraction of sp³-hybridized carbons (Fsp3) is 0.595. The molecule has 4 rings (SSSR count). The Morgan fingerprint density at radius 2 is 1.79 bits per heavy atom. The van der Waals surface area contributed by atoms with Gasteiger partial charge in [-0.2, -0.15) is 0 Å². The lowest BCUT2D eigenvalue weighted by Crippen LogP contribution is -2.50. The van der Waals surface area contributed by atoms with Crippen molar-refractivity contribution in [3.63, 3.8) is 0 Å². The van der Waals surface area contributed by atoms with E-state index in [-0.39, 0.29) is 30.9 Å². The molecular weight excluding hydrogens is 598 g/mol. The maximum Gasteiger partial charge on any atom is 0.329 e. The van der Waals surface area contributed by atoms with Crippen LogP contribution in [-0.4, -0.2) is 70.2 Å². The molecule has 1 aliphatic carbocycles. The summed E-state index contributed by atoms with van der Waals surface area (Å²) in [6.07, 6.45) is 6.42. The molecular formula is C37H51N3O7. The molecule has 2 heterocycles. The number of fused-ring (bicyclic) bond motifs is 1. The average molecular weight is 650 g/mol. The number of hydrogen-bond donors (Lipinski definition) is 0. The number of likely N-dealkylation sites (tertiary alicyclic amines) is 1. The Morgan fingerprint density at radius 3 is 2.40 bits per heavy atom. The standard InChI is InChI=1S/C37H51N3O7/c1-11-13-14-15-23-18-29(23)45-31(41)20-25(36(4,5)6)34(42)40-21-30(22(3)32(40)35(43)47-37(7,8)9)46-33-26(12-2)38-27-17-16-24(44-10)19-28(27)39-33/h11-12,16-17,19,22-23,25,29-30,32H,1-2,13-15,18,20-21H2,3-10H3/t22-,23-,25-,29-,30+,32+/m1/s1. The van der Waals surface area contributed by atoms with Crippen LogP contribution in [0.25, 0.3) is 17.1 Å². The number of amides is 1. The highest BCUT2D eigenvalue weighted by molar-refractivity contribution is 5.89. The van der Waals surface area contributed by atoms with Crippen molar-refractivity contribution >= 4 is 35.0 Å². The molecule has 2 aromatic rings. The van der Waals surface area contributed by atoms with Crippen LogP contribution in [0.4, 0.5) is 0 Å². The van der Waals surface area contributed by atoms with Crippen LogP contribution >= 0.6 is 0 Å². The second-order valence-electron chi connectivity index (χ2n) is 14.8. The van der Waals surface area contributed by atoms with E-state index in [0.717, 1.165) is 25.7 Å². The smallest absolute Gasteiger partial charge is 0.329 e. The number of methoxy groups -OCH3 is 1. The van der Waals surface area contributed by atoms with Gasteiger partial charge in [0, 0.05) is 12.0 Å². The van der Waals surface area contributed by atoms with Gasteiger partial charge in [-0.25, -0.2) is 14.8 Å². The summed E-state index contributed by atoms with van der Waals surface area (Å²) in [4.78, 5) is 52.2. The molecule has 2 fully saturated rings. The molecule has 1 saturated carbocycles. The Morgan fingerprint density at radius 1 is 1.06 bits per heavy atom. The molecule has 0 spiro atoms. The van der Waals surface area contributed by atoms with Gasteiger partial charge < -0.3 is 23.8 Å². The number of esters is 2.